The van der Waals surface area contributed by atoms with Crippen molar-refractivity contribution in [3.63, 3.8) is 0 Å². The summed E-state index contributed by atoms with van der Waals surface area (Å²) < 4.78 is 5.12. The summed E-state index contributed by atoms with van der Waals surface area (Å²) >= 11 is 0. The van der Waals surface area contributed by atoms with E-state index >= 15 is 0 Å². The Morgan fingerprint density at radius 2 is 1.93 bits per heavy atom. The number of aromatic hydroxyl groups is 2. The largest absolute Gasteiger partial charge is 0.508 e. The van der Waals surface area contributed by atoms with Gasteiger partial charge in [0.25, 0.3) is 0 Å². The second kappa shape index (κ2) is 8.21. The first-order chi connectivity index (χ1) is 13.5. The van der Waals surface area contributed by atoms with Gasteiger partial charge in [0.15, 0.2) is 12.4 Å². The fraction of sp³-hybridized carbons (Fsp3) is 0.158. The smallest absolute Gasteiger partial charge is 0.342 e. The minimum Gasteiger partial charge on any atom is -0.508 e. The van der Waals surface area contributed by atoms with E-state index in [9.17, 15) is 15.0 Å². The number of rotatable bonds is 6. The molecule has 0 atom stereocenters. The van der Waals surface area contributed by atoms with Crippen LogP contribution in [0.1, 0.15) is 28.7 Å². The van der Waals surface area contributed by atoms with E-state index in [2.05, 4.69) is 20.3 Å². The van der Waals surface area contributed by atoms with Crippen molar-refractivity contribution in [2.45, 2.75) is 20.0 Å². The zero-order valence-electron chi connectivity index (χ0n) is 15.1. The van der Waals surface area contributed by atoms with Gasteiger partial charge in [-0.25, -0.2) is 4.79 Å². The van der Waals surface area contributed by atoms with Crippen LogP contribution in [0.15, 0.2) is 42.5 Å². The molecule has 2 aromatic carbocycles. The van der Waals surface area contributed by atoms with Crippen LogP contribution in [0.2, 0.25) is 0 Å². The molecule has 0 radical (unpaired) electrons. The lowest BCUT2D eigenvalue weighted by atomic mass is 10.1. The maximum absolute atomic E-state index is 12.1. The minimum atomic E-state index is -0.790. The first kappa shape index (κ1) is 18.9. The average molecular weight is 381 g/mol. The molecule has 0 bridgehead atoms. The number of hydrogen-bond donors (Lipinski definition) is 4. The molecule has 28 heavy (non-hydrogen) atoms. The van der Waals surface area contributed by atoms with Crippen LogP contribution in [0.4, 0.5) is 17.6 Å². The van der Waals surface area contributed by atoms with Gasteiger partial charge in [-0.05, 0) is 30.2 Å². The molecule has 0 saturated heterocycles. The van der Waals surface area contributed by atoms with E-state index in [1.54, 1.807) is 0 Å². The Hall–Kier alpha value is -3.88. The number of aromatic nitrogens is 3. The summed E-state index contributed by atoms with van der Waals surface area (Å²) in [7, 11) is 0. The minimum absolute atomic E-state index is 0.0231. The van der Waals surface area contributed by atoms with Crippen LogP contribution in [0.25, 0.3) is 0 Å². The molecule has 5 N–H and O–H groups in total. The molecule has 0 aliphatic heterocycles. The Balaban J connectivity index is 1.73. The summed E-state index contributed by atoms with van der Waals surface area (Å²) in [6.07, 6.45) is 0.824. The van der Waals surface area contributed by atoms with Gasteiger partial charge in [0, 0.05) is 11.8 Å². The molecule has 0 saturated carbocycles. The molecule has 0 fully saturated rings. The first-order valence-corrected chi connectivity index (χ1v) is 8.50. The highest BCUT2D eigenvalue weighted by Crippen LogP contribution is 2.23. The van der Waals surface area contributed by atoms with Crippen molar-refractivity contribution in [2.24, 2.45) is 0 Å². The van der Waals surface area contributed by atoms with Gasteiger partial charge in [0.2, 0.25) is 11.9 Å². The maximum atomic E-state index is 12.1. The third-order valence-corrected chi connectivity index (χ3v) is 3.88. The van der Waals surface area contributed by atoms with Gasteiger partial charge in [-0.1, -0.05) is 25.1 Å². The summed E-state index contributed by atoms with van der Waals surface area (Å²) in [6, 6.07) is 11.3. The molecule has 1 heterocycles. The van der Waals surface area contributed by atoms with E-state index in [0.717, 1.165) is 23.7 Å². The lowest BCUT2D eigenvalue weighted by Crippen LogP contribution is -2.11. The molecule has 0 aliphatic rings. The normalized spacial score (nSPS) is 10.5. The number of para-hydroxylation sites is 1. The maximum Gasteiger partial charge on any atom is 0.342 e. The topological polar surface area (TPSA) is 143 Å². The molecule has 9 heteroatoms. The molecule has 1 aromatic heterocycles. The SMILES string of the molecule is CCc1ccccc1Nc1nc(N)nc(COC(=O)c2ccc(O)cc2O)n1. The zero-order chi connectivity index (χ0) is 20.1. The summed E-state index contributed by atoms with van der Waals surface area (Å²) in [4.78, 5) is 24.3. The third-order valence-electron chi connectivity index (χ3n) is 3.88. The quantitative estimate of drug-likeness (QED) is 0.473. The molecule has 0 spiro atoms. The van der Waals surface area contributed by atoms with Crippen LogP contribution >= 0.6 is 0 Å². The summed E-state index contributed by atoms with van der Waals surface area (Å²) in [6.45, 7) is 1.77. The van der Waals surface area contributed by atoms with Crippen molar-refractivity contribution in [3.8, 4) is 11.5 Å². The lowest BCUT2D eigenvalue weighted by Gasteiger charge is -2.11. The highest BCUT2D eigenvalue weighted by Gasteiger charge is 2.15. The summed E-state index contributed by atoms with van der Waals surface area (Å²) in [5.74, 6) is -0.990. The number of anilines is 3. The van der Waals surface area contributed by atoms with E-state index in [1.807, 2.05) is 31.2 Å². The summed E-state index contributed by atoms with van der Waals surface area (Å²) in [5.41, 5.74) is 7.56. The number of ether oxygens (including phenoxy) is 1. The second-order valence-corrected chi connectivity index (χ2v) is 5.85. The van der Waals surface area contributed by atoms with Crippen LogP contribution < -0.4 is 11.1 Å². The van der Waals surface area contributed by atoms with Crippen molar-refractivity contribution in [3.05, 3.63) is 59.4 Å². The third kappa shape index (κ3) is 4.44. The number of benzene rings is 2. The Kier molecular flexibility index (Phi) is 5.54. The van der Waals surface area contributed by atoms with Crippen molar-refractivity contribution in [1.29, 1.82) is 0 Å². The molecule has 0 amide bonds. The van der Waals surface area contributed by atoms with E-state index in [0.29, 0.717) is 0 Å². The number of phenolic OH excluding ortho intramolecular Hbond substituents is 2. The highest BCUT2D eigenvalue weighted by atomic mass is 16.5. The number of carbonyl (C=O) groups excluding carboxylic acids is 1. The molecule has 0 unspecified atom stereocenters. The first-order valence-electron chi connectivity index (χ1n) is 8.50. The van der Waals surface area contributed by atoms with Crippen LogP contribution in [-0.4, -0.2) is 31.1 Å². The van der Waals surface area contributed by atoms with E-state index < -0.39 is 11.7 Å². The number of hydrogen-bond acceptors (Lipinski definition) is 9. The standard InChI is InChI=1S/C19H19N5O4/c1-2-11-5-3-4-6-14(11)21-19-23-16(22-18(20)24-19)10-28-17(27)13-8-7-12(25)9-15(13)26/h3-9,25-26H,2,10H2,1H3,(H3,20,21,22,23,24). The number of nitrogen functional groups attached to an aromatic ring is 1. The number of aryl methyl sites for hydroxylation is 1. The molecular formula is C19H19N5O4. The van der Waals surface area contributed by atoms with Crippen LogP contribution in [0.5, 0.6) is 11.5 Å². The number of esters is 1. The Bertz CT molecular complexity index is 1010. The van der Waals surface area contributed by atoms with Crippen LogP contribution in [0, 0.1) is 0 Å². The fourth-order valence-electron chi connectivity index (χ4n) is 2.53. The van der Waals surface area contributed by atoms with Crippen molar-refractivity contribution >= 4 is 23.6 Å². The lowest BCUT2D eigenvalue weighted by molar-refractivity contribution is 0.0459. The number of nitrogens with zero attached hydrogens (tertiary/aromatic N) is 3. The second-order valence-electron chi connectivity index (χ2n) is 5.85. The van der Waals surface area contributed by atoms with E-state index in [-0.39, 0.29) is 35.6 Å². The van der Waals surface area contributed by atoms with E-state index in [4.69, 9.17) is 10.5 Å². The number of phenols is 2. The molecule has 3 aromatic rings. The van der Waals surface area contributed by atoms with Gasteiger partial charge in [-0.2, -0.15) is 15.0 Å². The molecule has 3 rings (SSSR count). The predicted molar refractivity (Wildman–Crippen MR) is 102 cm³/mol. The number of carbonyl (C=O) groups is 1. The highest BCUT2D eigenvalue weighted by molar-refractivity contribution is 5.92. The van der Waals surface area contributed by atoms with Gasteiger partial charge >= 0.3 is 5.97 Å². The Morgan fingerprint density at radius 1 is 1.14 bits per heavy atom. The van der Waals surface area contributed by atoms with Crippen LogP contribution in [-0.2, 0) is 17.8 Å². The molecular weight excluding hydrogens is 362 g/mol. The van der Waals surface area contributed by atoms with Gasteiger partial charge in [0.05, 0.1) is 0 Å². The number of nitrogens with two attached hydrogens (primary N) is 1. The van der Waals surface area contributed by atoms with Crippen molar-refractivity contribution < 1.29 is 19.7 Å². The van der Waals surface area contributed by atoms with Crippen molar-refractivity contribution in [1.82, 2.24) is 15.0 Å². The number of nitrogens with one attached hydrogen (secondary N) is 1. The van der Waals surface area contributed by atoms with Gasteiger partial charge in [-0.3, -0.25) is 0 Å². The summed E-state index contributed by atoms with van der Waals surface area (Å²) in [5, 5.41) is 22.1. The van der Waals surface area contributed by atoms with E-state index in [1.165, 1.54) is 12.1 Å². The monoisotopic (exact) mass is 381 g/mol. The molecule has 144 valence electrons. The van der Waals surface area contributed by atoms with Gasteiger partial charge in [-0.15, -0.1) is 0 Å². The van der Waals surface area contributed by atoms with Gasteiger partial charge in [0.1, 0.15) is 17.1 Å². The molecule has 0 aliphatic carbocycles. The van der Waals surface area contributed by atoms with Gasteiger partial charge < -0.3 is 26.0 Å². The molecule has 9 nitrogen and oxygen atoms in total. The van der Waals surface area contributed by atoms with Crippen molar-refractivity contribution in [2.75, 3.05) is 11.1 Å². The zero-order valence-corrected chi connectivity index (χ0v) is 15.1. The Morgan fingerprint density at radius 3 is 2.68 bits per heavy atom. The average Bonchev–Trinajstić information content (AvgIpc) is 2.66. The Labute approximate surface area is 160 Å². The fourth-order valence-corrected chi connectivity index (χ4v) is 2.53. The predicted octanol–water partition coefficient (Wildman–Crippen LogP) is 2.53. The van der Waals surface area contributed by atoms with Crippen LogP contribution in [0.3, 0.4) is 0 Å².